The Bertz CT molecular complexity index is 1440. The number of amides is 1. The first kappa shape index (κ1) is 25.2. The number of methoxy groups -OCH3 is 1. The Morgan fingerprint density at radius 3 is 2.55 bits per heavy atom. The number of anilines is 3. The van der Waals surface area contributed by atoms with Gasteiger partial charge in [0.15, 0.2) is 11.5 Å². The van der Waals surface area contributed by atoms with Crippen LogP contribution in [0.5, 0.6) is 5.75 Å². The van der Waals surface area contributed by atoms with E-state index in [0.29, 0.717) is 36.7 Å². The second-order valence-electron chi connectivity index (χ2n) is 9.16. The van der Waals surface area contributed by atoms with E-state index in [4.69, 9.17) is 9.84 Å². The number of carboxylic acid groups (broad SMARTS) is 1. The maximum atomic E-state index is 13.3. The molecule has 1 aliphatic heterocycles. The molecule has 0 bridgehead atoms. The molecule has 0 radical (unpaired) electrons. The minimum atomic E-state index is -0.983. The van der Waals surface area contributed by atoms with Crippen molar-refractivity contribution in [1.29, 1.82) is 0 Å². The van der Waals surface area contributed by atoms with Crippen molar-refractivity contribution < 1.29 is 19.4 Å². The van der Waals surface area contributed by atoms with Gasteiger partial charge in [-0.15, -0.1) is 0 Å². The Hall–Kier alpha value is -4.44. The number of ether oxygens (including phenoxy) is 1. The van der Waals surface area contributed by atoms with Crippen LogP contribution >= 0.6 is 0 Å². The van der Waals surface area contributed by atoms with Crippen LogP contribution in [0.4, 0.5) is 17.2 Å². The molecule has 1 aliphatic rings. The van der Waals surface area contributed by atoms with Crippen LogP contribution in [0, 0.1) is 0 Å². The Labute approximate surface area is 220 Å². The maximum absolute atomic E-state index is 13.3. The first-order chi connectivity index (χ1) is 18.5. The largest absolute Gasteiger partial charge is 0.497 e. The smallest absolute Gasteiger partial charge is 0.335 e. The lowest BCUT2D eigenvalue weighted by atomic mass is 10.1. The number of aromatic carboxylic acids is 1. The van der Waals surface area contributed by atoms with Crippen LogP contribution in [0.3, 0.4) is 0 Å². The fourth-order valence-corrected chi connectivity index (χ4v) is 4.74. The molecule has 3 N–H and O–H groups in total. The minimum Gasteiger partial charge on any atom is -0.497 e. The van der Waals surface area contributed by atoms with Gasteiger partial charge in [0.1, 0.15) is 5.75 Å². The van der Waals surface area contributed by atoms with Crippen LogP contribution in [0.15, 0.2) is 60.8 Å². The molecule has 38 heavy (non-hydrogen) atoms. The second kappa shape index (κ2) is 10.9. The Balaban J connectivity index is 1.62. The molecule has 4 aromatic rings. The summed E-state index contributed by atoms with van der Waals surface area (Å²) in [5, 5.41) is 21.7. The van der Waals surface area contributed by atoms with Gasteiger partial charge in [-0.1, -0.05) is 19.1 Å². The van der Waals surface area contributed by atoms with Crippen molar-refractivity contribution >= 4 is 40.1 Å². The molecule has 1 atom stereocenters. The number of pyridine rings is 1. The Morgan fingerprint density at radius 1 is 1.16 bits per heavy atom. The third-order valence-corrected chi connectivity index (χ3v) is 6.72. The summed E-state index contributed by atoms with van der Waals surface area (Å²) in [5.41, 5.74) is 3.31. The number of benzene rings is 2. The topological polar surface area (TPSA) is 122 Å². The molecule has 10 nitrogen and oxygen atoms in total. The second-order valence-corrected chi connectivity index (χ2v) is 9.16. The minimum absolute atomic E-state index is 0.00434. The fraction of sp³-hybridized carbons (Fsp3) is 0.286. The number of hydrogen-bond donors (Lipinski definition) is 3. The molecule has 1 unspecified atom stereocenters. The average Bonchev–Trinajstić information content (AvgIpc) is 3.59. The third kappa shape index (κ3) is 5.03. The van der Waals surface area contributed by atoms with E-state index in [1.807, 2.05) is 46.8 Å². The van der Waals surface area contributed by atoms with Gasteiger partial charge in [-0.2, -0.15) is 5.10 Å². The quantitative estimate of drug-likeness (QED) is 0.306. The van der Waals surface area contributed by atoms with E-state index in [2.05, 4.69) is 15.6 Å². The number of hydrogen-bond acceptors (Lipinski definition) is 7. The number of carbonyl (C=O) groups excluding carboxylic acids is 1. The highest BCUT2D eigenvalue weighted by Crippen LogP contribution is 2.36. The summed E-state index contributed by atoms with van der Waals surface area (Å²) >= 11 is 0. The van der Waals surface area contributed by atoms with Crippen molar-refractivity contribution in [2.75, 3.05) is 30.4 Å². The molecule has 196 valence electrons. The average molecular weight is 515 g/mol. The summed E-state index contributed by atoms with van der Waals surface area (Å²) in [6, 6.07) is 16.1. The molecule has 1 fully saturated rings. The van der Waals surface area contributed by atoms with Crippen molar-refractivity contribution in [3.05, 3.63) is 71.9 Å². The van der Waals surface area contributed by atoms with Crippen LogP contribution in [0.25, 0.3) is 11.0 Å². The zero-order valence-corrected chi connectivity index (χ0v) is 21.3. The van der Waals surface area contributed by atoms with Gasteiger partial charge in [-0.25, -0.2) is 14.5 Å². The zero-order chi connectivity index (χ0) is 26.6. The molecular weight excluding hydrogens is 484 g/mol. The first-order valence-electron chi connectivity index (χ1n) is 12.6. The molecule has 3 heterocycles. The standard InChI is InChI=1S/C28H30N6O4/c1-3-24(35)34(21-12-14-29-16-21)27-25-23(31-20-8-6-19(7-9-20)28(36)37)13-15-30-26(25)33(32-27)17-18-4-10-22(38-2)11-5-18/h4-11,13,15,21,29H,3,12,14,16-17H2,1-2H3,(H,30,31)(H,36,37). The van der Waals surface area contributed by atoms with E-state index < -0.39 is 5.97 Å². The predicted molar refractivity (Wildman–Crippen MR) is 145 cm³/mol. The number of nitrogens with zero attached hydrogens (tertiary/aromatic N) is 4. The van der Waals surface area contributed by atoms with Gasteiger partial charge in [0.25, 0.3) is 0 Å². The van der Waals surface area contributed by atoms with Crippen LogP contribution < -0.4 is 20.3 Å². The third-order valence-electron chi connectivity index (χ3n) is 6.72. The van der Waals surface area contributed by atoms with Crippen LogP contribution in [-0.2, 0) is 11.3 Å². The maximum Gasteiger partial charge on any atom is 0.335 e. The van der Waals surface area contributed by atoms with Crippen LogP contribution in [0.1, 0.15) is 35.7 Å². The van der Waals surface area contributed by atoms with Gasteiger partial charge < -0.3 is 20.5 Å². The molecule has 0 aliphatic carbocycles. The summed E-state index contributed by atoms with van der Waals surface area (Å²) in [4.78, 5) is 31.1. The summed E-state index contributed by atoms with van der Waals surface area (Å²) in [6.45, 7) is 3.84. The monoisotopic (exact) mass is 514 g/mol. The summed E-state index contributed by atoms with van der Waals surface area (Å²) in [7, 11) is 1.63. The number of carbonyl (C=O) groups is 2. The molecule has 1 amide bonds. The van der Waals surface area contributed by atoms with E-state index >= 15 is 0 Å². The van der Waals surface area contributed by atoms with Crippen molar-refractivity contribution in [2.45, 2.75) is 32.4 Å². The SMILES string of the molecule is CCC(=O)N(c1nn(Cc2ccc(OC)cc2)c2nccc(Nc3ccc(C(=O)O)cc3)c12)C1CCNC1. The van der Waals surface area contributed by atoms with Gasteiger partial charge >= 0.3 is 5.97 Å². The van der Waals surface area contributed by atoms with Gasteiger partial charge in [0, 0.05) is 24.8 Å². The Morgan fingerprint density at radius 2 is 1.92 bits per heavy atom. The van der Waals surface area contributed by atoms with Gasteiger partial charge in [0.05, 0.1) is 36.3 Å². The van der Waals surface area contributed by atoms with Crippen molar-refractivity contribution in [3.63, 3.8) is 0 Å². The number of nitrogens with one attached hydrogen (secondary N) is 2. The lowest BCUT2D eigenvalue weighted by Crippen LogP contribution is -2.42. The van der Waals surface area contributed by atoms with Crippen molar-refractivity contribution in [1.82, 2.24) is 20.1 Å². The molecule has 5 rings (SSSR count). The highest BCUT2D eigenvalue weighted by molar-refractivity contribution is 6.06. The molecule has 0 saturated carbocycles. The highest BCUT2D eigenvalue weighted by atomic mass is 16.5. The van der Waals surface area contributed by atoms with Gasteiger partial charge in [0.2, 0.25) is 5.91 Å². The molecule has 1 saturated heterocycles. The summed E-state index contributed by atoms with van der Waals surface area (Å²) in [5.74, 6) is 0.345. The molecule has 10 heteroatoms. The molecule has 2 aromatic heterocycles. The number of fused-ring (bicyclic) bond motifs is 1. The van der Waals surface area contributed by atoms with Gasteiger partial charge in [-0.05, 0) is 61.0 Å². The van der Waals surface area contributed by atoms with E-state index in [1.165, 1.54) is 0 Å². The van der Waals surface area contributed by atoms with E-state index in [0.717, 1.165) is 35.4 Å². The highest BCUT2D eigenvalue weighted by Gasteiger charge is 2.32. The number of aromatic nitrogens is 3. The molecular formula is C28H30N6O4. The van der Waals surface area contributed by atoms with Crippen molar-refractivity contribution in [2.24, 2.45) is 0 Å². The van der Waals surface area contributed by atoms with Crippen molar-refractivity contribution in [3.8, 4) is 5.75 Å². The van der Waals surface area contributed by atoms with Crippen LogP contribution in [0.2, 0.25) is 0 Å². The lowest BCUT2D eigenvalue weighted by molar-refractivity contribution is -0.118. The molecule has 2 aromatic carbocycles. The zero-order valence-electron chi connectivity index (χ0n) is 21.3. The Kier molecular flexibility index (Phi) is 7.23. The molecule has 0 spiro atoms. The lowest BCUT2D eigenvalue weighted by Gasteiger charge is -2.27. The van der Waals surface area contributed by atoms with E-state index in [1.54, 1.807) is 37.6 Å². The number of carboxylic acids is 1. The van der Waals surface area contributed by atoms with Crippen LogP contribution in [-0.4, -0.2) is 58.0 Å². The first-order valence-corrected chi connectivity index (χ1v) is 12.6. The van der Waals surface area contributed by atoms with Gasteiger partial charge in [-0.3, -0.25) is 9.69 Å². The van der Waals surface area contributed by atoms with E-state index in [9.17, 15) is 14.7 Å². The summed E-state index contributed by atoms with van der Waals surface area (Å²) in [6.07, 6.45) is 2.89. The number of rotatable bonds is 9. The fourth-order valence-electron chi connectivity index (χ4n) is 4.74. The normalized spacial score (nSPS) is 14.9. The predicted octanol–water partition coefficient (Wildman–Crippen LogP) is 4.03. The summed E-state index contributed by atoms with van der Waals surface area (Å²) < 4.78 is 7.11. The van der Waals surface area contributed by atoms with E-state index in [-0.39, 0.29) is 17.5 Å².